The summed E-state index contributed by atoms with van der Waals surface area (Å²) in [5.41, 5.74) is 2.44. The van der Waals surface area contributed by atoms with E-state index in [4.69, 9.17) is 4.74 Å². The fourth-order valence-corrected chi connectivity index (χ4v) is 2.41. The van der Waals surface area contributed by atoms with Crippen LogP contribution in [0.2, 0.25) is 0 Å². The molecule has 0 heterocycles. The second-order valence-electron chi connectivity index (χ2n) is 5.53. The molecule has 4 heteroatoms. The maximum atomic E-state index is 12.4. The Morgan fingerprint density at radius 2 is 1.56 bits per heavy atom. The lowest BCUT2D eigenvalue weighted by Crippen LogP contribution is -2.13. The first-order chi connectivity index (χ1) is 12.2. The van der Waals surface area contributed by atoms with Crippen molar-refractivity contribution in [2.45, 2.75) is 6.92 Å². The second kappa shape index (κ2) is 7.45. The van der Waals surface area contributed by atoms with Crippen molar-refractivity contribution in [3.05, 3.63) is 89.5 Å². The lowest BCUT2D eigenvalue weighted by Gasteiger charge is -2.10. The summed E-state index contributed by atoms with van der Waals surface area (Å²) in [5, 5.41) is 2.83. The van der Waals surface area contributed by atoms with Crippen molar-refractivity contribution in [2.24, 2.45) is 0 Å². The zero-order valence-corrected chi connectivity index (χ0v) is 13.7. The fourth-order valence-electron chi connectivity index (χ4n) is 2.41. The van der Waals surface area contributed by atoms with E-state index in [0.717, 1.165) is 17.6 Å². The molecule has 4 nitrogen and oxygen atoms in total. The van der Waals surface area contributed by atoms with Gasteiger partial charge in [-0.1, -0.05) is 30.3 Å². The number of carbonyl (C=O) groups is 2. The highest BCUT2D eigenvalue weighted by Crippen LogP contribution is 2.22. The molecule has 1 amide bonds. The van der Waals surface area contributed by atoms with Crippen LogP contribution in [0.25, 0.3) is 0 Å². The van der Waals surface area contributed by atoms with Crippen molar-refractivity contribution in [1.82, 2.24) is 0 Å². The highest BCUT2D eigenvalue weighted by Gasteiger charge is 2.10. The zero-order chi connectivity index (χ0) is 17.6. The molecule has 0 unspecified atom stereocenters. The molecular weight excluding hydrogens is 314 g/mol. The van der Waals surface area contributed by atoms with Crippen LogP contribution in [-0.2, 0) is 0 Å². The summed E-state index contributed by atoms with van der Waals surface area (Å²) < 4.78 is 5.71. The van der Waals surface area contributed by atoms with Gasteiger partial charge in [0.05, 0.1) is 0 Å². The van der Waals surface area contributed by atoms with Gasteiger partial charge in [-0.3, -0.25) is 9.59 Å². The highest BCUT2D eigenvalue weighted by atomic mass is 16.5. The molecule has 0 bridgehead atoms. The third-order valence-electron chi connectivity index (χ3n) is 3.85. The molecule has 0 saturated carbocycles. The molecule has 3 aromatic rings. The maximum Gasteiger partial charge on any atom is 0.255 e. The Labute approximate surface area is 146 Å². The van der Waals surface area contributed by atoms with E-state index in [9.17, 15) is 9.59 Å². The zero-order valence-electron chi connectivity index (χ0n) is 13.7. The number of hydrogen-bond donors (Lipinski definition) is 1. The number of amides is 1. The quantitative estimate of drug-likeness (QED) is 0.680. The number of rotatable bonds is 5. The van der Waals surface area contributed by atoms with E-state index in [0.29, 0.717) is 22.6 Å². The molecule has 25 heavy (non-hydrogen) atoms. The molecule has 0 aromatic heterocycles. The summed E-state index contributed by atoms with van der Waals surface area (Å²) >= 11 is 0. The number of nitrogens with one attached hydrogen (secondary N) is 1. The first kappa shape index (κ1) is 16.5. The number of anilines is 1. The average Bonchev–Trinajstić information content (AvgIpc) is 2.65. The van der Waals surface area contributed by atoms with Crippen molar-refractivity contribution in [3.63, 3.8) is 0 Å². The predicted molar refractivity (Wildman–Crippen MR) is 97.5 cm³/mol. The van der Waals surface area contributed by atoms with Gasteiger partial charge >= 0.3 is 0 Å². The van der Waals surface area contributed by atoms with Gasteiger partial charge in [-0.25, -0.2) is 0 Å². The van der Waals surface area contributed by atoms with Crippen LogP contribution in [-0.4, -0.2) is 12.2 Å². The van der Waals surface area contributed by atoms with Crippen LogP contribution in [0.15, 0.2) is 72.8 Å². The molecule has 0 atom stereocenters. The van der Waals surface area contributed by atoms with E-state index in [1.165, 1.54) is 0 Å². The van der Waals surface area contributed by atoms with E-state index < -0.39 is 0 Å². The standard InChI is InChI=1S/C21H17NO3/c1-15-17(14-23)6-5-9-20(15)22-21(24)16-10-12-19(13-11-16)25-18-7-3-2-4-8-18/h2-14H,1H3,(H,22,24). The van der Waals surface area contributed by atoms with Gasteiger partial charge < -0.3 is 10.1 Å². The molecule has 1 N–H and O–H groups in total. The van der Waals surface area contributed by atoms with Gasteiger partial charge in [0, 0.05) is 16.8 Å². The Hall–Kier alpha value is -3.40. The molecule has 0 radical (unpaired) electrons. The second-order valence-corrected chi connectivity index (χ2v) is 5.53. The normalized spacial score (nSPS) is 10.1. The summed E-state index contributed by atoms with van der Waals surface area (Å²) in [6, 6.07) is 21.6. The monoisotopic (exact) mass is 331 g/mol. The Morgan fingerprint density at radius 3 is 2.24 bits per heavy atom. The maximum absolute atomic E-state index is 12.4. The highest BCUT2D eigenvalue weighted by molar-refractivity contribution is 6.05. The van der Waals surface area contributed by atoms with E-state index in [1.807, 2.05) is 30.3 Å². The van der Waals surface area contributed by atoms with Crippen LogP contribution in [0, 0.1) is 6.92 Å². The Kier molecular flexibility index (Phi) is 4.90. The average molecular weight is 331 g/mol. The summed E-state index contributed by atoms with van der Waals surface area (Å²) in [7, 11) is 0. The third kappa shape index (κ3) is 3.93. The van der Waals surface area contributed by atoms with Crippen molar-refractivity contribution in [2.75, 3.05) is 5.32 Å². The number of hydrogen-bond acceptors (Lipinski definition) is 3. The topological polar surface area (TPSA) is 55.4 Å². The molecule has 0 aliphatic rings. The smallest absolute Gasteiger partial charge is 0.255 e. The van der Waals surface area contributed by atoms with Gasteiger partial charge in [-0.15, -0.1) is 0 Å². The van der Waals surface area contributed by atoms with Gasteiger partial charge in [0.15, 0.2) is 0 Å². The molecule has 3 aromatic carbocycles. The minimum Gasteiger partial charge on any atom is -0.457 e. The minimum atomic E-state index is -0.239. The lowest BCUT2D eigenvalue weighted by atomic mass is 10.1. The van der Waals surface area contributed by atoms with Crippen LogP contribution in [0.3, 0.4) is 0 Å². The molecule has 0 aliphatic carbocycles. The van der Waals surface area contributed by atoms with Crippen LogP contribution >= 0.6 is 0 Å². The molecule has 124 valence electrons. The van der Waals surface area contributed by atoms with E-state index >= 15 is 0 Å². The number of ether oxygens (including phenoxy) is 1. The number of aldehydes is 1. The first-order valence-corrected chi connectivity index (χ1v) is 7.86. The Balaban J connectivity index is 1.72. The first-order valence-electron chi connectivity index (χ1n) is 7.86. The van der Waals surface area contributed by atoms with Crippen LogP contribution in [0.4, 0.5) is 5.69 Å². The molecule has 0 fully saturated rings. The summed E-state index contributed by atoms with van der Waals surface area (Å²) in [6.07, 6.45) is 0.778. The molecular formula is C21H17NO3. The van der Waals surface area contributed by atoms with Crippen molar-refractivity contribution in [1.29, 1.82) is 0 Å². The fraction of sp³-hybridized carbons (Fsp3) is 0.0476. The van der Waals surface area contributed by atoms with Gasteiger partial charge in [0.1, 0.15) is 17.8 Å². The molecule has 0 aliphatic heterocycles. The minimum absolute atomic E-state index is 0.239. The molecule has 3 rings (SSSR count). The number of para-hydroxylation sites is 1. The Morgan fingerprint density at radius 1 is 0.880 bits per heavy atom. The van der Waals surface area contributed by atoms with Gasteiger partial charge in [0.25, 0.3) is 5.91 Å². The van der Waals surface area contributed by atoms with Crippen LogP contribution in [0.1, 0.15) is 26.3 Å². The van der Waals surface area contributed by atoms with Gasteiger partial charge in [0.2, 0.25) is 0 Å². The van der Waals surface area contributed by atoms with Crippen LogP contribution in [0.5, 0.6) is 11.5 Å². The largest absolute Gasteiger partial charge is 0.457 e. The molecule has 0 saturated heterocycles. The Bertz CT molecular complexity index is 887. The summed E-state index contributed by atoms with van der Waals surface area (Å²) in [4.78, 5) is 23.4. The van der Waals surface area contributed by atoms with E-state index in [1.54, 1.807) is 49.4 Å². The number of benzene rings is 3. The third-order valence-corrected chi connectivity index (χ3v) is 3.85. The summed E-state index contributed by atoms with van der Waals surface area (Å²) in [5.74, 6) is 1.15. The SMILES string of the molecule is Cc1c(C=O)cccc1NC(=O)c1ccc(Oc2ccccc2)cc1. The molecule has 0 spiro atoms. The van der Waals surface area contributed by atoms with Crippen molar-refractivity contribution < 1.29 is 14.3 Å². The van der Waals surface area contributed by atoms with Crippen molar-refractivity contribution in [3.8, 4) is 11.5 Å². The van der Waals surface area contributed by atoms with Gasteiger partial charge in [-0.2, -0.15) is 0 Å². The lowest BCUT2D eigenvalue weighted by molar-refractivity contribution is 0.102. The van der Waals surface area contributed by atoms with Crippen molar-refractivity contribution >= 4 is 17.9 Å². The summed E-state index contributed by atoms with van der Waals surface area (Å²) in [6.45, 7) is 1.80. The van der Waals surface area contributed by atoms with Crippen LogP contribution < -0.4 is 10.1 Å². The predicted octanol–water partition coefficient (Wildman–Crippen LogP) is 4.85. The van der Waals surface area contributed by atoms with Gasteiger partial charge in [-0.05, 0) is 55.0 Å². The number of carbonyl (C=O) groups excluding carboxylic acids is 2. The van der Waals surface area contributed by atoms with E-state index in [-0.39, 0.29) is 5.91 Å². The van der Waals surface area contributed by atoms with E-state index in [2.05, 4.69) is 5.32 Å².